The van der Waals surface area contributed by atoms with Crippen molar-refractivity contribution in [3.63, 3.8) is 0 Å². The van der Waals surface area contributed by atoms with Gasteiger partial charge in [0, 0.05) is 12.1 Å². The zero-order valence-electron chi connectivity index (χ0n) is 10.4. The first-order valence-corrected chi connectivity index (χ1v) is 5.96. The fourth-order valence-electron chi connectivity index (χ4n) is 1.91. The van der Waals surface area contributed by atoms with Gasteiger partial charge in [-0.3, -0.25) is 4.79 Å². The number of carbonyl (C=O) groups is 1. The molecule has 0 aliphatic rings. The molecule has 19 heavy (non-hydrogen) atoms. The summed E-state index contributed by atoms with van der Waals surface area (Å²) in [6.45, 7) is 0.184. The summed E-state index contributed by atoms with van der Waals surface area (Å²) >= 11 is 0. The van der Waals surface area contributed by atoms with Crippen LogP contribution in [0.1, 0.15) is 11.1 Å². The van der Waals surface area contributed by atoms with Gasteiger partial charge in [0.05, 0.1) is 6.42 Å². The van der Waals surface area contributed by atoms with Gasteiger partial charge in [0.1, 0.15) is 5.82 Å². The summed E-state index contributed by atoms with van der Waals surface area (Å²) in [7, 11) is 0. The molecule has 0 radical (unpaired) electrons. The van der Waals surface area contributed by atoms with Crippen LogP contribution in [0.3, 0.4) is 0 Å². The van der Waals surface area contributed by atoms with Gasteiger partial charge in [-0.05, 0) is 22.8 Å². The Kier molecular flexibility index (Phi) is 3.92. The first kappa shape index (κ1) is 13.2. The van der Waals surface area contributed by atoms with Crippen LogP contribution in [0.25, 0.3) is 11.1 Å². The van der Waals surface area contributed by atoms with Crippen LogP contribution in [0.2, 0.25) is 0 Å². The van der Waals surface area contributed by atoms with Crippen molar-refractivity contribution in [3.8, 4) is 11.1 Å². The molecule has 0 saturated carbocycles. The smallest absolute Gasteiger partial charge is 0.221 e. The number of primary amides is 1. The lowest BCUT2D eigenvalue weighted by Gasteiger charge is -2.06. The van der Waals surface area contributed by atoms with E-state index < -0.39 is 0 Å². The van der Waals surface area contributed by atoms with E-state index in [4.69, 9.17) is 11.5 Å². The van der Waals surface area contributed by atoms with Crippen LogP contribution in [0, 0.1) is 5.82 Å². The van der Waals surface area contributed by atoms with Gasteiger partial charge in [-0.1, -0.05) is 36.4 Å². The molecule has 98 valence electrons. The average molecular weight is 258 g/mol. The van der Waals surface area contributed by atoms with Gasteiger partial charge in [-0.25, -0.2) is 4.39 Å². The highest BCUT2D eigenvalue weighted by Crippen LogP contribution is 2.22. The highest BCUT2D eigenvalue weighted by atomic mass is 19.1. The molecule has 0 heterocycles. The molecule has 1 amide bonds. The molecule has 2 aromatic carbocycles. The second kappa shape index (κ2) is 5.63. The van der Waals surface area contributed by atoms with Gasteiger partial charge in [0.15, 0.2) is 0 Å². The standard InChI is InChI=1S/C15H15FN2O/c16-14-8-12(5-6-13(14)9-17)11-3-1-10(2-4-11)7-15(18)19/h1-6,8H,7,9,17H2,(H2,18,19). The summed E-state index contributed by atoms with van der Waals surface area (Å²) in [4.78, 5) is 10.8. The third kappa shape index (κ3) is 3.17. The van der Waals surface area contributed by atoms with Crippen LogP contribution in [0.5, 0.6) is 0 Å². The first-order chi connectivity index (χ1) is 9.10. The van der Waals surface area contributed by atoms with Gasteiger partial charge >= 0.3 is 0 Å². The van der Waals surface area contributed by atoms with Crippen molar-refractivity contribution in [3.05, 3.63) is 59.4 Å². The van der Waals surface area contributed by atoms with Crippen LogP contribution in [0.15, 0.2) is 42.5 Å². The number of hydrogen-bond acceptors (Lipinski definition) is 2. The third-order valence-electron chi connectivity index (χ3n) is 2.94. The van der Waals surface area contributed by atoms with E-state index in [-0.39, 0.29) is 24.7 Å². The Morgan fingerprint density at radius 2 is 1.68 bits per heavy atom. The summed E-state index contributed by atoms with van der Waals surface area (Å²) < 4.78 is 13.6. The molecular formula is C15H15FN2O. The monoisotopic (exact) mass is 258 g/mol. The molecular weight excluding hydrogens is 243 g/mol. The van der Waals surface area contributed by atoms with E-state index >= 15 is 0 Å². The average Bonchev–Trinajstić information content (AvgIpc) is 2.39. The van der Waals surface area contributed by atoms with Crippen molar-refractivity contribution in [1.29, 1.82) is 0 Å². The number of benzene rings is 2. The van der Waals surface area contributed by atoms with E-state index in [0.29, 0.717) is 5.56 Å². The predicted molar refractivity (Wildman–Crippen MR) is 72.6 cm³/mol. The van der Waals surface area contributed by atoms with Crippen LogP contribution in [-0.2, 0) is 17.8 Å². The Labute approximate surface area is 111 Å². The number of rotatable bonds is 4. The molecule has 2 aromatic rings. The molecule has 0 atom stereocenters. The normalized spacial score (nSPS) is 10.4. The maximum absolute atomic E-state index is 13.6. The van der Waals surface area contributed by atoms with E-state index in [2.05, 4.69) is 0 Å². The van der Waals surface area contributed by atoms with E-state index in [1.54, 1.807) is 6.07 Å². The summed E-state index contributed by atoms with van der Waals surface area (Å²) in [5.41, 5.74) is 13.5. The molecule has 0 bridgehead atoms. The molecule has 4 N–H and O–H groups in total. The van der Waals surface area contributed by atoms with Gasteiger partial charge < -0.3 is 11.5 Å². The summed E-state index contributed by atoms with van der Waals surface area (Å²) in [6.07, 6.45) is 0.209. The number of amides is 1. The molecule has 0 aromatic heterocycles. The van der Waals surface area contributed by atoms with Crippen molar-refractivity contribution in [2.45, 2.75) is 13.0 Å². The van der Waals surface area contributed by atoms with Crippen LogP contribution in [0.4, 0.5) is 4.39 Å². The molecule has 0 saturated heterocycles. The SMILES string of the molecule is NCc1ccc(-c2ccc(CC(N)=O)cc2)cc1F. The third-order valence-corrected chi connectivity index (χ3v) is 2.94. The summed E-state index contributed by atoms with van der Waals surface area (Å²) in [5, 5.41) is 0. The van der Waals surface area contributed by atoms with Gasteiger partial charge in [-0.2, -0.15) is 0 Å². The van der Waals surface area contributed by atoms with Crippen LogP contribution >= 0.6 is 0 Å². The zero-order chi connectivity index (χ0) is 13.8. The number of hydrogen-bond donors (Lipinski definition) is 2. The Bertz CT molecular complexity index is 594. The van der Waals surface area contributed by atoms with Crippen molar-refractivity contribution in [2.24, 2.45) is 11.5 Å². The molecule has 4 heteroatoms. The lowest BCUT2D eigenvalue weighted by atomic mass is 10.0. The molecule has 0 spiro atoms. The molecule has 0 fully saturated rings. The summed E-state index contributed by atoms with van der Waals surface area (Å²) in [5.74, 6) is -0.674. The lowest BCUT2D eigenvalue weighted by molar-refractivity contribution is -0.117. The molecule has 0 aliphatic carbocycles. The molecule has 0 unspecified atom stereocenters. The fourth-order valence-corrected chi connectivity index (χ4v) is 1.91. The second-order valence-electron chi connectivity index (χ2n) is 4.35. The van der Waals surface area contributed by atoms with Crippen LogP contribution < -0.4 is 11.5 Å². The largest absolute Gasteiger partial charge is 0.369 e. The maximum atomic E-state index is 13.6. The highest BCUT2D eigenvalue weighted by Gasteiger charge is 2.04. The van der Waals surface area contributed by atoms with Crippen molar-refractivity contribution < 1.29 is 9.18 Å². The van der Waals surface area contributed by atoms with Gasteiger partial charge in [0.25, 0.3) is 0 Å². The topological polar surface area (TPSA) is 69.1 Å². The Hall–Kier alpha value is -2.20. The molecule has 3 nitrogen and oxygen atoms in total. The number of carbonyl (C=O) groups excluding carboxylic acids is 1. The Morgan fingerprint density at radius 3 is 2.21 bits per heavy atom. The molecule has 2 rings (SSSR count). The predicted octanol–water partition coefficient (Wildman–Crippen LogP) is 1.98. The fraction of sp³-hybridized carbons (Fsp3) is 0.133. The van der Waals surface area contributed by atoms with Crippen molar-refractivity contribution in [2.75, 3.05) is 0 Å². The van der Waals surface area contributed by atoms with E-state index in [1.807, 2.05) is 30.3 Å². The van der Waals surface area contributed by atoms with Crippen molar-refractivity contribution in [1.82, 2.24) is 0 Å². The van der Waals surface area contributed by atoms with Crippen LogP contribution in [-0.4, -0.2) is 5.91 Å². The summed E-state index contributed by atoms with van der Waals surface area (Å²) in [6, 6.07) is 12.3. The Morgan fingerprint density at radius 1 is 1.05 bits per heavy atom. The first-order valence-electron chi connectivity index (χ1n) is 5.96. The molecule has 0 aliphatic heterocycles. The highest BCUT2D eigenvalue weighted by molar-refractivity contribution is 5.77. The van der Waals surface area contributed by atoms with Gasteiger partial charge in [-0.15, -0.1) is 0 Å². The minimum absolute atomic E-state index is 0.184. The number of nitrogens with two attached hydrogens (primary N) is 2. The van der Waals surface area contributed by atoms with Crippen molar-refractivity contribution >= 4 is 5.91 Å². The number of halogens is 1. The van der Waals surface area contributed by atoms with E-state index in [1.165, 1.54) is 6.07 Å². The zero-order valence-corrected chi connectivity index (χ0v) is 10.4. The second-order valence-corrected chi connectivity index (χ2v) is 4.35. The maximum Gasteiger partial charge on any atom is 0.221 e. The quantitative estimate of drug-likeness (QED) is 0.880. The minimum atomic E-state index is -0.369. The van der Waals surface area contributed by atoms with Gasteiger partial charge in [0.2, 0.25) is 5.91 Å². The minimum Gasteiger partial charge on any atom is -0.369 e. The van der Waals surface area contributed by atoms with E-state index in [0.717, 1.165) is 16.7 Å². The lowest BCUT2D eigenvalue weighted by Crippen LogP contribution is -2.13. The van der Waals surface area contributed by atoms with E-state index in [9.17, 15) is 9.18 Å². The Balaban J connectivity index is 2.27.